The summed E-state index contributed by atoms with van der Waals surface area (Å²) in [6.07, 6.45) is 5.15. The van der Waals surface area contributed by atoms with Crippen molar-refractivity contribution in [2.24, 2.45) is 7.05 Å². The molecule has 1 N–H and O–H groups in total. The molecule has 1 atom stereocenters. The molecule has 2 amide bonds. The number of hydrogen-bond acceptors (Lipinski definition) is 2. The van der Waals surface area contributed by atoms with Crippen molar-refractivity contribution in [1.82, 2.24) is 20.0 Å². The number of aromatic nitrogens is 2. The van der Waals surface area contributed by atoms with Crippen LogP contribution in [0.15, 0.2) is 49.3 Å². The van der Waals surface area contributed by atoms with Gasteiger partial charge in [-0.1, -0.05) is 18.2 Å². The number of carbonyl (C=O) groups is 1. The number of nitrogens with one attached hydrogen (secondary N) is 1. The first-order chi connectivity index (χ1) is 10.5. The summed E-state index contributed by atoms with van der Waals surface area (Å²) in [4.78, 5) is 13.7. The molecular formula is C16H19FN4O. The molecule has 0 radical (unpaired) electrons. The number of rotatable bonds is 5. The van der Waals surface area contributed by atoms with Crippen LogP contribution in [0.4, 0.5) is 9.18 Å². The standard InChI is InChI=1S/C16H19FN4O/c1-4-9-20(2)16(22)19-15(13-10-18-21(3)11-13)12-5-7-14(17)8-6-12/h4-8,10-11,15H,1,9H2,2-3H3,(H,19,22)/t15-/m0/s1. The molecule has 0 bridgehead atoms. The number of amides is 2. The molecule has 0 aliphatic rings. The lowest BCUT2D eigenvalue weighted by Gasteiger charge is -2.22. The van der Waals surface area contributed by atoms with Crippen LogP contribution in [0.3, 0.4) is 0 Å². The molecule has 116 valence electrons. The Hall–Kier alpha value is -2.63. The van der Waals surface area contributed by atoms with Gasteiger partial charge in [-0.2, -0.15) is 5.10 Å². The van der Waals surface area contributed by atoms with Gasteiger partial charge in [-0.15, -0.1) is 6.58 Å². The summed E-state index contributed by atoms with van der Waals surface area (Å²) < 4.78 is 14.8. The van der Waals surface area contributed by atoms with Crippen LogP contribution >= 0.6 is 0 Å². The molecule has 0 saturated heterocycles. The van der Waals surface area contributed by atoms with Crippen LogP contribution < -0.4 is 5.32 Å². The molecule has 6 heteroatoms. The Morgan fingerprint density at radius 1 is 1.45 bits per heavy atom. The summed E-state index contributed by atoms with van der Waals surface area (Å²) in [5.41, 5.74) is 1.62. The highest BCUT2D eigenvalue weighted by atomic mass is 19.1. The number of nitrogens with zero attached hydrogens (tertiary/aromatic N) is 3. The molecule has 0 fully saturated rings. The Morgan fingerprint density at radius 3 is 2.68 bits per heavy atom. The molecular weight excluding hydrogens is 283 g/mol. The fraction of sp³-hybridized carbons (Fsp3) is 0.250. The van der Waals surface area contributed by atoms with Crippen molar-refractivity contribution in [2.45, 2.75) is 6.04 Å². The first kappa shape index (κ1) is 15.8. The van der Waals surface area contributed by atoms with Crippen LogP contribution in [-0.4, -0.2) is 34.3 Å². The lowest BCUT2D eigenvalue weighted by atomic mass is 10.0. The van der Waals surface area contributed by atoms with Gasteiger partial charge in [0.15, 0.2) is 0 Å². The Bertz CT molecular complexity index is 650. The largest absolute Gasteiger partial charge is 0.327 e. The molecule has 0 unspecified atom stereocenters. The fourth-order valence-corrected chi connectivity index (χ4v) is 2.11. The van der Waals surface area contributed by atoms with Crippen LogP contribution in [-0.2, 0) is 7.05 Å². The van der Waals surface area contributed by atoms with Gasteiger partial charge >= 0.3 is 6.03 Å². The number of aryl methyl sites for hydroxylation is 1. The van der Waals surface area contributed by atoms with E-state index in [0.29, 0.717) is 6.54 Å². The van der Waals surface area contributed by atoms with Crippen molar-refractivity contribution >= 4 is 6.03 Å². The van der Waals surface area contributed by atoms with Crippen LogP contribution in [0.2, 0.25) is 0 Å². The van der Waals surface area contributed by atoms with Crippen LogP contribution in [0.25, 0.3) is 0 Å². The maximum Gasteiger partial charge on any atom is 0.318 e. The Labute approximate surface area is 129 Å². The lowest BCUT2D eigenvalue weighted by Crippen LogP contribution is -2.39. The number of hydrogen-bond donors (Lipinski definition) is 1. The molecule has 0 spiro atoms. The summed E-state index contributed by atoms with van der Waals surface area (Å²) in [7, 11) is 3.48. The minimum atomic E-state index is -0.394. The first-order valence-electron chi connectivity index (χ1n) is 6.88. The van der Waals surface area contributed by atoms with Gasteiger partial charge in [-0.3, -0.25) is 4.68 Å². The number of carbonyl (C=O) groups excluding carboxylic acids is 1. The van der Waals surface area contributed by atoms with E-state index in [1.807, 2.05) is 6.20 Å². The van der Waals surface area contributed by atoms with Gasteiger partial charge in [0.25, 0.3) is 0 Å². The van der Waals surface area contributed by atoms with Gasteiger partial charge < -0.3 is 10.2 Å². The predicted molar refractivity (Wildman–Crippen MR) is 82.8 cm³/mol. The first-order valence-corrected chi connectivity index (χ1v) is 6.88. The fourth-order valence-electron chi connectivity index (χ4n) is 2.11. The smallest absolute Gasteiger partial charge is 0.318 e. The van der Waals surface area contributed by atoms with E-state index in [0.717, 1.165) is 11.1 Å². The lowest BCUT2D eigenvalue weighted by molar-refractivity contribution is 0.210. The molecule has 1 heterocycles. The van der Waals surface area contributed by atoms with E-state index >= 15 is 0 Å². The zero-order valence-corrected chi connectivity index (χ0v) is 12.7. The average molecular weight is 302 g/mol. The van der Waals surface area contributed by atoms with Gasteiger partial charge in [0.1, 0.15) is 5.82 Å². The number of urea groups is 1. The maximum atomic E-state index is 13.1. The monoisotopic (exact) mass is 302 g/mol. The zero-order valence-electron chi connectivity index (χ0n) is 12.7. The summed E-state index contributed by atoms with van der Waals surface area (Å²) in [5, 5.41) is 7.06. The van der Waals surface area contributed by atoms with E-state index in [9.17, 15) is 9.18 Å². The molecule has 22 heavy (non-hydrogen) atoms. The zero-order chi connectivity index (χ0) is 16.1. The highest BCUT2D eigenvalue weighted by molar-refractivity contribution is 5.75. The Kier molecular flexibility index (Phi) is 4.93. The van der Waals surface area contributed by atoms with Gasteiger partial charge in [0.2, 0.25) is 0 Å². The molecule has 0 aliphatic heterocycles. The van der Waals surface area contributed by atoms with E-state index < -0.39 is 6.04 Å². The van der Waals surface area contributed by atoms with Gasteiger partial charge in [0, 0.05) is 32.4 Å². The average Bonchev–Trinajstić information content (AvgIpc) is 2.92. The van der Waals surface area contributed by atoms with Crippen molar-refractivity contribution in [2.75, 3.05) is 13.6 Å². The van der Waals surface area contributed by atoms with Crippen LogP contribution in [0.5, 0.6) is 0 Å². The second-order valence-corrected chi connectivity index (χ2v) is 5.05. The normalized spacial score (nSPS) is 11.8. The quantitative estimate of drug-likeness (QED) is 0.863. The summed E-state index contributed by atoms with van der Waals surface area (Å²) in [6.45, 7) is 4.05. The summed E-state index contributed by atoms with van der Waals surface area (Å²) in [5.74, 6) is -0.316. The van der Waals surface area contributed by atoms with E-state index in [1.165, 1.54) is 17.0 Å². The molecule has 0 saturated carbocycles. The topological polar surface area (TPSA) is 50.2 Å². The molecule has 1 aromatic carbocycles. The number of benzene rings is 1. The highest BCUT2D eigenvalue weighted by Gasteiger charge is 2.20. The van der Waals surface area contributed by atoms with Gasteiger partial charge in [-0.05, 0) is 17.7 Å². The number of likely N-dealkylation sites (N-methyl/N-ethyl adjacent to an activating group) is 1. The second kappa shape index (κ2) is 6.89. The van der Waals surface area contributed by atoms with Gasteiger partial charge in [-0.25, -0.2) is 9.18 Å². The van der Waals surface area contributed by atoms with Crippen molar-refractivity contribution in [1.29, 1.82) is 0 Å². The SMILES string of the molecule is C=CCN(C)C(=O)N[C@@H](c1ccc(F)cc1)c1cnn(C)c1. The van der Waals surface area contributed by atoms with Crippen molar-refractivity contribution in [3.8, 4) is 0 Å². The van der Waals surface area contributed by atoms with E-state index in [4.69, 9.17) is 0 Å². The van der Waals surface area contributed by atoms with E-state index in [-0.39, 0.29) is 11.8 Å². The summed E-state index contributed by atoms with van der Waals surface area (Å²) >= 11 is 0. The maximum absolute atomic E-state index is 13.1. The molecule has 5 nitrogen and oxygen atoms in total. The van der Waals surface area contributed by atoms with E-state index in [1.54, 1.807) is 43.2 Å². The van der Waals surface area contributed by atoms with Crippen molar-refractivity contribution in [3.63, 3.8) is 0 Å². The third-order valence-corrected chi connectivity index (χ3v) is 3.28. The minimum absolute atomic E-state index is 0.238. The van der Waals surface area contributed by atoms with Crippen LogP contribution in [0, 0.1) is 5.82 Å². The third-order valence-electron chi connectivity index (χ3n) is 3.28. The van der Waals surface area contributed by atoms with Crippen molar-refractivity contribution < 1.29 is 9.18 Å². The minimum Gasteiger partial charge on any atom is -0.327 e. The molecule has 2 rings (SSSR count). The summed E-state index contributed by atoms with van der Waals surface area (Å²) in [6, 6.07) is 5.42. The third kappa shape index (κ3) is 3.72. The Balaban J connectivity index is 2.28. The molecule has 0 aliphatic carbocycles. The van der Waals surface area contributed by atoms with Gasteiger partial charge in [0.05, 0.1) is 12.2 Å². The number of halogens is 1. The predicted octanol–water partition coefficient (Wildman–Crippen LogP) is 2.48. The van der Waals surface area contributed by atoms with E-state index in [2.05, 4.69) is 17.0 Å². The van der Waals surface area contributed by atoms with Crippen molar-refractivity contribution in [3.05, 3.63) is 66.3 Å². The molecule has 1 aromatic heterocycles. The van der Waals surface area contributed by atoms with Crippen LogP contribution in [0.1, 0.15) is 17.2 Å². The highest BCUT2D eigenvalue weighted by Crippen LogP contribution is 2.22. The second-order valence-electron chi connectivity index (χ2n) is 5.05. The Morgan fingerprint density at radius 2 is 2.14 bits per heavy atom. The molecule has 2 aromatic rings.